The Morgan fingerprint density at radius 3 is 2.50 bits per heavy atom. The van der Waals surface area contributed by atoms with Gasteiger partial charge in [-0.15, -0.1) is 0 Å². The fraction of sp³-hybridized carbons (Fsp3) is 0.130. The lowest BCUT2D eigenvalue weighted by Gasteiger charge is -2.08. The fourth-order valence-corrected chi connectivity index (χ4v) is 4.55. The number of imidazole rings is 1. The van der Waals surface area contributed by atoms with Gasteiger partial charge in [0.1, 0.15) is 5.82 Å². The zero-order valence-corrected chi connectivity index (χ0v) is 17.0. The quantitative estimate of drug-likeness (QED) is 0.470. The molecule has 1 heterocycles. The highest BCUT2D eigenvalue weighted by Gasteiger charge is 2.15. The number of carbonyl (C=O) groups is 1. The van der Waals surface area contributed by atoms with Crippen molar-refractivity contribution in [2.24, 2.45) is 0 Å². The zero-order valence-electron chi connectivity index (χ0n) is 16.2. The summed E-state index contributed by atoms with van der Waals surface area (Å²) in [7, 11) is -3.36. The normalized spacial score (nSPS) is 11.5. The molecule has 30 heavy (non-hydrogen) atoms. The molecule has 0 unspecified atom stereocenters. The second-order valence-corrected chi connectivity index (χ2v) is 9.24. The van der Waals surface area contributed by atoms with Gasteiger partial charge in [0, 0.05) is 17.7 Å². The number of nitrogens with zero attached hydrogens (tertiary/aromatic N) is 1. The lowest BCUT2D eigenvalue weighted by atomic mass is 10.2. The minimum atomic E-state index is -3.36. The van der Waals surface area contributed by atoms with Crippen LogP contribution in [0.4, 0.5) is 5.69 Å². The minimum absolute atomic E-state index is 0.0668. The molecule has 1 amide bonds. The Morgan fingerprint density at radius 2 is 1.70 bits per heavy atom. The number of sulfone groups is 1. The summed E-state index contributed by atoms with van der Waals surface area (Å²) >= 11 is 0. The number of benzene rings is 3. The standard InChI is InChI=1S/C23H21N3O3S/c27-22(13-14-30(28,29)16-17-7-2-1-3-8-17)24-19-10-6-9-18(15-19)23-25-20-11-4-5-12-21(20)26-23/h1-12,15H,13-14,16H2,(H,24,27)(H,25,26). The van der Waals surface area contributed by atoms with E-state index in [0.29, 0.717) is 11.5 Å². The van der Waals surface area contributed by atoms with Gasteiger partial charge in [0.05, 0.1) is 22.5 Å². The van der Waals surface area contributed by atoms with E-state index in [4.69, 9.17) is 0 Å². The van der Waals surface area contributed by atoms with E-state index in [-0.39, 0.29) is 23.8 Å². The predicted octanol–water partition coefficient (Wildman–Crippen LogP) is 4.17. The largest absolute Gasteiger partial charge is 0.338 e. The van der Waals surface area contributed by atoms with Gasteiger partial charge in [-0.05, 0) is 29.8 Å². The van der Waals surface area contributed by atoms with E-state index >= 15 is 0 Å². The van der Waals surface area contributed by atoms with E-state index in [0.717, 1.165) is 22.2 Å². The Labute approximate surface area is 174 Å². The molecule has 0 aliphatic carbocycles. The van der Waals surface area contributed by atoms with Gasteiger partial charge in [-0.1, -0.05) is 54.6 Å². The summed E-state index contributed by atoms with van der Waals surface area (Å²) < 4.78 is 24.6. The van der Waals surface area contributed by atoms with Crippen molar-refractivity contribution in [3.63, 3.8) is 0 Å². The second kappa shape index (κ2) is 8.51. The maximum absolute atomic E-state index is 12.3. The highest BCUT2D eigenvalue weighted by atomic mass is 32.2. The summed E-state index contributed by atoms with van der Waals surface area (Å²) in [6.07, 6.45) is -0.0932. The molecule has 3 aromatic carbocycles. The average Bonchev–Trinajstić information content (AvgIpc) is 3.17. The van der Waals surface area contributed by atoms with Crippen molar-refractivity contribution >= 4 is 32.5 Å². The van der Waals surface area contributed by atoms with E-state index in [1.807, 2.05) is 48.5 Å². The maximum Gasteiger partial charge on any atom is 0.225 e. The molecule has 0 aliphatic heterocycles. The molecule has 0 radical (unpaired) electrons. The van der Waals surface area contributed by atoms with Crippen molar-refractivity contribution in [1.29, 1.82) is 0 Å². The van der Waals surface area contributed by atoms with E-state index in [1.165, 1.54) is 0 Å². The van der Waals surface area contributed by atoms with Crippen LogP contribution in [0.3, 0.4) is 0 Å². The number of hydrogen-bond donors (Lipinski definition) is 2. The van der Waals surface area contributed by atoms with Gasteiger partial charge < -0.3 is 10.3 Å². The lowest BCUT2D eigenvalue weighted by Crippen LogP contribution is -2.18. The number of amides is 1. The summed E-state index contributed by atoms with van der Waals surface area (Å²) in [6, 6.07) is 24.0. The molecule has 0 saturated heterocycles. The van der Waals surface area contributed by atoms with Gasteiger partial charge in [-0.3, -0.25) is 4.79 Å². The monoisotopic (exact) mass is 419 g/mol. The first-order valence-electron chi connectivity index (χ1n) is 9.58. The van der Waals surface area contributed by atoms with Gasteiger partial charge in [0.2, 0.25) is 5.91 Å². The Kier molecular flexibility index (Phi) is 5.63. The molecule has 0 bridgehead atoms. The number of carbonyl (C=O) groups excluding carboxylic acids is 1. The van der Waals surface area contributed by atoms with Gasteiger partial charge in [-0.25, -0.2) is 13.4 Å². The number of para-hydroxylation sites is 2. The first kappa shape index (κ1) is 19.8. The third-order valence-corrected chi connectivity index (χ3v) is 6.28. The first-order valence-corrected chi connectivity index (χ1v) is 11.4. The molecular weight excluding hydrogens is 398 g/mol. The van der Waals surface area contributed by atoms with Crippen LogP contribution in [0, 0.1) is 0 Å². The summed E-state index contributed by atoms with van der Waals surface area (Å²) in [5.41, 5.74) is 3.95. The second-order valence-electron chi connectivity index (χ2n) is 7.06. The predicted molar refractivity (Wildman–Crippen MR) is 119 cm³/mol. The zero-order chi connectivity index (χ0) is 21.0. The maximum atomic E-state index is 12.3. The minimum Gasteiger partial charge on any atom is -0.338 e. The van der Waals surface area contributed by atoms with Crippen molar-refractivity contribution in [3.05, 3.63) is 84.4 Å². The van der Waals surface area contributed by atoms with Crippen LogP contribution in [-0.2, 0) is 20.4 Å². The molecule has 152 valence electrons. The number of anilines is 1. The molecular formula is C23H21N3O3S. The van der Waals surface area contributed by atoms with Crippen LogP contribution in [0.15, 0.2) is 78.9 Å². The molecule has 1 aromatic heterocycles. The summed E-state index contributed by atoms with van der Waals surface area (Å²) in [5, 5.41) is 2.78. The number of hydrogen-bond acceptors (Lipinski definition) is 4. The fourth-order valence-electron chi connectivity index (χ4n) is 3.21. The van der Waals surface area contributed by atoms with Crippen LogP contribution in [0.25, 0.3) is 22.4 Å². The molecule has 0 aliphatic rings. The summed E-state index contributed by atoms with van der Waals surface area (Å²) in [6.45, 7) is 0. The van der Waals surface area contributed by atoms with Crippen LogP contribution in [0.1, 0.15) is 12.0 Å². The van der Waals surface area contributed by atoms with E-state index in [2.05, 4.69) is 15.3 Å². The van der Waals surface area contributed by atoms with Crippen LogP contribution in [0.5, 0.6) is 0 Å². The SMILES string of the molecule is O=C(CCS(=O)(=O)Cc1ccccc1)Nc1cccc(-c2nc3ccccc3[nH]2)c1. The van der Waals surface area contributed by atoms with Gasteiger partial charge in [0.25, 0.3) is 0 Å². The average molecular weight is 420 g/mol. The molecule has 0 saturated carbocycles. The van der Waals surface area contributed by atoms with Crippen LogP contribution in [-0.4, -0.2) is 30.0 Å². The van der Waals surface area contributed by atoms with E-state index in [9.17, 15) is 13.2 Å². The highest BCUT2D eigenvalue weighted by Crippen LogP contribution is 2.23. The van der Waals surface area contributed by atoms with Crippen LogP contribution in [0.2, 0.25) is 0 Å². The number of nitrogens with one attached hydrogen (secondary N) is 2. The van der Waals surface area contributed by atoms with Crippen molar-refractivity contribution in [2.45, 2.75) is 12.2 Å². The van der Waals surface area contributed by atoms with Gasteiger partial charge in [-0.2, -0.15) is 0 Å². The van der Waals surface area contributed by atoms with Crippen LogP contribution < -0.4 is 5.32 Å². The van der Waals surface area contributed by atoms with E-state index in [1.54, 1.807) is 30.3 Å². The number of H-pyrrole nitrogens is 1. The van der Waals surface area contributed by atoms with Gasteiger partial charge in [0.15, 0.2) is 9.84 Å². The Bertz CT molecular complexity index is 1250. The Hall–Kier alpha value is -3.45. The molecule has 0 fully saturated rings. The van der Waals surface area contributed by atoms with Gasteiger partial charge >= 0.3 is 0 Å². The smallest absolute Gasteiger partial charge is 0.225 e. The molecule has 0 atom stereocenters. The first-order chi connectivity index (χ1) is 14.5. The topological polar surface area (TPSA) is 91.9 Å². The molecule has 2 N–H and O–H groups in total. The third-order valence-electron chi connectivity index (χ3n) is 4.68. The molecule has 4 aromatic rings. The number of aromatic amines is 1. The Morgan fingerprint density at radius 1 is 0.933 bits per heavy atom. The van der Waals surface area contributed by atoms with E-state index < -0.39 is 9.84 Å². The van der Waals surface area contributed by atoms with Crippen LogP contribution >= 0.6 is 0 Å². The van der Waals surface area contributed by atoms with Crippen molar-refractivity contribution < 1.29 is 13.2 Å². The highest BCUT2D eigenvalue weighted by molar-refractivity contribution is 7.90. The van der Waals surface area contributed by atoms with Crippen molar-refractivity contribution in [2.75, 3.05) is 11.1 Å². The number of rotatable bonds is 7. The summed E-state index contributed by atoms with van der Waals surface area (Å²) in [5.74, 6) is 0.103. The molecule has 0 spiro atoms. The van der Waals surface area contributed by atoms with Crippen molar-refractivity contribution in [3.8, 4) is 11.4 Å². The molecule has 4 rings (SSSR count). The third kappa shape index (κ3) is 4.93. The number of aromatic nitrogens is 2. The van der Waals surface area contributed by atoms with Crippen molar-refractivity contribution in [1.82, 2.24) is 9.97 Å². The Balaban J connectivity index is 1.39. The molecule has 7 heteroatoms. The molecule has 6 nitrogen and oxygen atoms in total. The number of fused-ring (bicyclic) bond motifs is 1. The summed E-state index contributed by atoms with van der Waals surface area (Å²) in [4.78, 5) is 20.1. The lowest BCUT2D eigenvalue weighted by molar-refractivity contribution is -0.115.